The SMILES string of the molecule is Cc1ccc(C(CC(=O)c2ccccc2)C(Sc2ccccc2)(Sc2ccccc2)c2ccccc2)cc1. The van der Waals surface area contributed by atoms with Crippen LogP contribution in [0.4, 0.5) is 0 Å². The van der Waals surface area contributed by atoms with Gasteiger partial charge in [-0.05, 0) is 42.3 Å². The molecular formula is C35H30OS2. The Morgan fingerprint density at radius 1 is 0.605 bits per heavy atom. The zero-order valence-electron chi connectivity index (χ0n) is 21.4. The van der Waals surface area contributed by atoms with Gasteiger partial charge < -0.3 is 0 Å². The van der Waals surface area contributed by atoms with Crippen LogP contribution in [0.1, 0.15) is 39.4 Å². The van der Waals surface area contributed by atoms with Crippen LogP contribution in [-0.4, -0.2) is 5.78 Å². The highest BCUT2D eigenvalue weighted by atomic mass is 32.2. The van der Waals surface area contributed by atoms with Gasteiger partial charge in [-0.2, -0.15) is 0 Å². The molecule has 0 amide bonds. The van der Waals surface area contributed by atoms with Gasteiger partial charge in [-0.15, -0.1) is 23.5 Å². The lowest BCUT2D eigenvalue weighted by Crippen LogP contribution is -2.29. The Labute approximate surface area is 234 Å². The Hall–Kier alpha value is -3.53. The van der Waals surface area contributed by atoms with Gasteiger partial charge >= 0.3 is 0 Å². The van der Waals surface area contributed by atoms with E-state index in [4.69, 9.17) is 0 Å². The Bertz CT molecular complexity index is 1390. The van der Waals surface area contributed by atoms with Gasteiger partial charge in [0.05, 0.1) is 0 Å². The second kappa shape index (κ2) is 12.3. The van der Waals surface area contributed by atoms with E-state index in [-0.39, 0.29) is 11.7 Å². The highest BCUT2D eigenvalue weighted by molar-refractivity contribution is 8.17. The fourth-order valence-corrected chi connectivity index (χ4v) is 7.94. The average molecular weight is 531 g/mol. The van der Waals surface area contributed by atoms with E-state index in [1.165, 1.54) is 20.9 Å². The summed E-state index contributed by atoms with van der Waals surface area (Å²) in [6.07, 6.45) is 0.391. The summed E-state index contributed by atoms with van der Waals surface area (Å²) in [6.45, 7) is 2.11. The molecule has 1 atom stereocenters. The molecule has 0 N–H and O–H groups in total. The van der Waals surface area contributed by atoms with Gasteiger partial charge in [-0.3, -0.25) is 4.79 Å². The van der Waals surface area contributed by atoms with Crippen LogP contribution in [0.5, 0.6) is 0 Å². The number of benzene rings is 5. The van der Waals surface area contributed by atoms with Gasteiger partial charge in [0, 0.05) is 27.7 Å². The number of carbonyl (C=O) groups is 1. The molecule has 0 saturated heterocycles. The highest BCUT2D eigenvalue weighted by Crippen LogP contribution is 2.61. The van der Waals surface area contributed by atoms with Crippen LogP contribution in [0.25, 0.3) is 0 Å². The summed E-state index contributed by atoms with van der Waals surface area (Å²) < 4.78 is -0.510. The van der Waals surface area contributed by atoms with Gasteiger partial charge in [-0.25, -0.2) is 0 Å². The molecule has 0 bridgehead atoms. The molecule has 5 rings (SSSR count). The van der Waals surface area contributed by atoms with Crippen LogP contribution in [0.2, 0.25) is 0 Å². The number of Topliss-reactive ketones (excluding diaryl/α,β-unsaturated/α-hetero) is 1. The largest absolute Gasteiger partial charge is 0.294 e. The van der Waals surface area contributed by atoms with Crippen LogP contribution in [-0.2, 0) is 4.08 Å². The maximum atomic E-state index is 13.9. The molecule has 38 heavy (non-hydrogen) atoms. The Morgan fingerprint density at radius 2 is 1.05 bits per heavy atom. The molecular weight excluding hydrogens is 501 g/mol. The second-order valence-corrected chi connectivity index (χ2v) is 12.2. The van der Waals surface area contributed by atoms with E-state index in [0.29, 0.717) is 6.42 Å². The zero-order valence-corrected chi connectivity index (χ0v) is 23.0. The van der Waals surface area contributed by atoms with Crippen molar-refractivity contribution >= 4 is 29.3 Å². The summed E-state index contributed by atoms with van der Waals surface area (Å²) >= 11 is 3.68. The molecule has 1 unspecified atom stereocenters. The summed E-state index contributed by atoms with van der Waals surface area (Å²) in [5, 5.41) is 0. The smallest absolute Gasteiger partial charge is 0.163 e. The first-order valence-corrected chi connectivity index (χ1v) is 14.5. The van der Waals surface area contributed by atoms with Crippen LogP contribution in [0.3, 0.4) is 0 Å². The lowest BCUT2D eigenvalue weighted by atomic mass is 9.85. The third kappa shape index (κ3) is 6.12. The van der Waals surface area contributed by atoms with E-state index in [9.17, 15) is 4.79 Å². The maximum Gasteiger partial charge on any atom is 0.163 e. The number of thioether (sulfide) groups is 2. The minimum absolute atomic E-state index is 0.103. The molecule has 0 radical (unpaired) electrons. The molecule has 5 aromatic carbocycles. The summed E-state index contributed by atoms with van der Waals surface area (Å²) in [6, 6.07) is 50.2. The summed E-state index contributed by atoms with van der Waals surface area (Å²) in [5.41, 5.74) is 4.31. The molecule has 0 aliphatic rings. The molecule has 1 nitrogen and oxygen atoms in total. The Morgan fingerprint density at radius 3 is 1.55 bits per heavy atom. The predicted molar refractivity (Wildman–Crippen MR) is 162 cm³/mol. The summed E-state index contributed by atoms with van der Waals surface area (Å²) in [5.74, 6) is 0.0485. The summed E-state index contributed by atoms with van der Waals surface area (Å²) in [4.78, 5) is 16.2. The van der Waals surface area contributed by atoms with Crippen molar-refractivity contribution in [3.05, 3.63) is 168 Å². The van der Waals surface area contributed by atoms with Crippen LogP contribution >= 0.6 is 23.5 Å². The molecule has 0 aliphatic carbocycles. The molecule has 3 heteroatoms. The molecule has 0 fully saturated rings. The molecule has 0 heterocycles. The van der Waals surface area contributed by atoms with Crippen molar-refractivity contribution in [1.29, 1.82) is 0 Å². The molecule has 0 aromatic heterocycles. The van der Waals surface area contributed by atoms with Crippen LogP contribution < -0.4 is 0 Å². The van der Waals surface area contributed by atoms with Crippen molar-refractivity contribution in [1.82, 2.24) is 0 Å². The first-order chi connectivity index (χ1) is 18.6. The fourth-order valence-electron chi connectivity index (χ4n) is 4.68. The normalized spacial score (nSPS) is 12.1. The fraction of sp³-hybridized carbons (Fsp3) is 0.114. The maximum absolute atomic E-state index is 13.9. The standard InChI is InChI=1S/C35H30OS2/c1-27-22-24-28(25-23-27)33(26-34(36)29-14-6-2-7-15-29)35(30-16-8-3-9-17-30,37-31-18-10-4-11-19-31)38-32-20-12-5-13-21-32/h2-25,33H,26H2,1H3. The van der Waals surface area contributed by atoms with Gasteiger partial charge in [0.1, 0.15) is 4.08 Å². The van der Waals surface area contributed by atoms with E-state index < -0.39 is 4.08 Å². The lowest BCUT2D eigenvalue weighted by molar-refractivity contribution is 0.0971. The number of ketones is 1. The molecule has 0 saturated carbocycles. The number of hydrogen-bond donors (Lipinski definition) is 0. The molecule has 5 aromatic rings. The van der Waals surface area contributed by atoms with E-state index in [2.05, 4.69) is 122 Å². The number of hydrogen-bond acceptors (Lipinski definition) is 3. The Balaban J connectivity index is 1.73. The van der Waals surface area contributed by atoms with Crippen molar-refractivity contribution in [2.24, 2.45) is 0 Å². The van der Waals surface area contributed by atoms with E-state index >= 15 is 0 Å². The third-order valence-corrected chi connectivity index (χ3v) is 9.79. The minimum Gasteiger partial charge on any atom is -0.294 e. The second-order valence-electron chi connectivity index (χ2n) is 9.32. The topological polar surface area (TPSA) is 17.1 Å². The lowest BCUT2D eigenvalue weighted by Gasteiger charge is -2.41. The van der Waals surface area contributed by atoms with Gasteiger partial charge in [0.25, 0.3) is 0 Å². The van der Waals surface area contributed by atoms with Gasteiger partial charge in [0.15, 0.2) is 5.78 Å². The zero-order chi connectivity index (χ0) is 26.2. The molecule has 0 aliphatic heterocycles. The number of rotatable bonds is 10. The minimum atomic E-state index is -0.510. The van der Waals surface area contributed by atoms with E-state index in [1.54, 1.807) is 0 Å². The van der Waals surface area contributed by atoms with Crippen LogP contribution in [0.15, 0.2) is 155 Å². The average Bonchev–Trinajstić information content (AvgIpc) is 2.98. The van der Waals surface area contributed by atoms with Crippen molar-refractivity contribution in [2.75, 3.05) is 0 Å². The number of carbonyl (C=O) groups excluding carboxylic acids is 1. The van der Waals surface area contributed by atoms with Crippen molar-refractivity contribution in [3.63, 3.8) is 0 Å². The first kappa shape index (κ1) is 26.1. The van der Waals surface area contributed by atoms with E-state index in [1.807, 2.05) is 53.9 Å². The predicted octanol–water partition coefficient (Wildman–Crippen LogP) is 9.79. The van der Waals surface area contributed by atoms with E-state index in [0.717, 1.165) is 11.1 Å². The van der Waals surface area contributed by atoms with Gasteiger partial charge in [-0.1, -0.05) is 127 Å². The highest BCUT2D eigenvalue weighted by Gasteiger charge is 2.44. The van der Waals surface area contributed by atoms with Crippen molar-refractivity contribution in [2.45, 2.75) is 33.1 Å². The number of aryl methyl sites for hydroxylation is 1. The third-order valence-electron chi connectivity index (χ3n) is 6.63. The monoisotopic (exact) mass is 530 g/mol. The summed E-state index contributed by atoms with van der Waals surface area (Å²) in [7, 11) is 0. The van der Waals surface area contributed by atoms with Crippen molar-refractivity contribution in [3.8, 4) is 0 Å². The van der Waals surface area contributed by atoms with Crippen LogP contribution in [0, 0.1) is 6.92 Å². The Kier molecular flexibility index (Phi) is 8.47. The molecule has 0 spiro atoms. The van der Waals surface area contributed by atoms with Gasteiger partial charge in [0.2, 0.25) is 0 Å². The first-order valence-electron chi connectivity index (χ1n) is 12.8. The quantitative estimate of drug-likeness (QED) is 0.102. The molecule has 188 valence electrons. The van der Waals surface area contributed by atoms with Crippen molar-refractivity contribution < 1.29 is 4.79 Å².